The smallest absolute Gasteiger partial charge is 0.261 e. The summed E-state index contributed by atoms with van der Waals surface area (Å²) < 4.78 is 7.60. The molecule has 0 unspecified atom stereocenters. The van der Waals surface area contributed by atoms with Crippen LogP contribution in [-0.2, 0) is 9.22 Å². The van der Waals surface area contributed by atoms with Crippen LogP contribution >= 0.6 is 0 Å². The molecule has 2 aliphatic carbocycles. The Bertz CT molecular complexity index is 951. The molecule has 2 aliphatic rings. The van der Waals surface area contributed by atoms with Crippen LogP contribution in [0.1, 0.15) is 66.7 Å². The zero-order valence-corrected chi connectivity index (χ0v) is 22.1. The van der Waals surface area contributed by atoms with Gasteiger partial charge in [-0.05, 0) is 53.9 Å². The Morgan fingerprint density at radius 1 is 1.03 bits per heavy atom. The second-order valence-electron chi connectivity index (χ2n) is 11.7. The first-order valence-electron chi connectivity index (χ1n) is 12.6. The van der Waals surface area contributed by atoms with Crippen molar-refractivity contribution in [3.05, 3.63) is 72.8 Å². The topological polar surface area (TPSA) is 26.3 Å². The van der Waals surface area contributed by atoms with Gasteiger partial charge in [-0.3, -0.25) is 4.79 Å². The molecule has 0 bridgehead atoms. The van der Waals surface area contributed by atoms with Crippen LogP contribution in [0.4, 0.5) is 0 Å². The Labute approximate surface area is 201 Å². The van der Waals surface area contributed by atoms with Crippen molar-refractivity contribution in [3.63, 3.8) is 0 Å². The van der Waals surface area contributed by atoms with E-state index in [4.69, 9.17) is 4.43 Å². The van der Waals surface area contributed by atoms with Crippen LogP contribution in [0.2, 0.25) is 5.04 Å². The molecular weight excluding hydrogens is 420 g/mol. The number of fused-ring (bicyclic) bond motifs is 1. The molecule has 2 aromatic carbocycles. The van der Waals surface area contributed by atoms with Crippen molar-refractivity contribution in [3.8, 4) is 0 Å². The Morgan fingerprint density at radius 2 is 1.58 bits per heavy atom. The molecule has 4 atom stereocenters. The van der Waals surface area contributed by atoms with E-state index in [1.165, 1.54) is 15.9 Å². The highest BCUT2D eigenvalue weighted by molar-refractivity contribution is 6.99. The number of hydrogen-bond donors (Lipinski definition) is 0. The van der Waals surface area contributed by atoms with E-state index in [0.717, 1.165) is 25.7 Å². The fourth-order valence-electron chi connectivity index (χ4n) is 6.87. The standard InChI is InChI=1S/C30H40O2Si/c1-22(2)21-23-19-20-30(6)27(18-17-26(31)28(23)30)32-33(29(3,4)5,24-13-9-7-10-14-24)25-15-11-8-12-16-25/h7-16,23,27-28H,1,17-21H2,2-6H3/t23-,27-,28-,30+/m0/s1. The second kappa shape index (κ2) is 9.00. The normalized spacial score (nSPS) is 27.9. The summed E-state index contributed by atoms with van der Waals surface area (Å²) in [4.78, 5) is 13.2. The number of allylic oxidation sites excluding steroid dienone is 1. The first-order chi connectivity index (χ1) is 15.6. The van der Waals surface area contributed by atoms with Gasteiger partial charge in [0, 0.05) is 17.8 Å². The molecule has 2 fully saturated rings. The molecule has 0 aromatic heterocycles. The minimum absolute atomic E-state index is 0.0568. The van der Waals surface area contributed by atoms with E-state index in [0.29, 0.717) is 18.1 Å². The molecule has 0 saturated heterocycles. The summed E-state index contributed by atoms with van der Waals surface area (Å²) in [5.74, 6) is 0.945. The maximum Gasteiger partial charge on any atom is 0.261 e. The number of Topliss-reactive ketones (excluding diaryl/α,β-unsaturated/α-hetero) is 1. The number of carbonyl (C=O) groups excluding carboxylic acids is 1. The van der Waals surface area contributed by atoms with E-state index in [1.807, 2.05) is 0 Å². The predicted octanol–water partition coefficient (Wildman–Crippen LogP) is 6.29. The molecular formula is C30H40O2Si. The molecule has 33 heavy (non-hydrogen) atoms. The van der Waals surface area contributed by atoms with E-state index in [9.17, 15) is 4.79 Å². The number of benzene rings is 2. The van der Waals surface area contributed by atoms with Crippen molar-refractivity contribution >= 4 is 24.5 Å². The molecule has 2 saturated carbocycles. The summed E-state index contributed by atoms with van der Waals surface area (Å²) >= 11 is 0. The third-order valence-electron chi connectivity index (χ3n) is 8.32. The molecule has 3 heteroatoms. The van der Waals surface area contributed by atoms with Gasteiger partial charge in [-0.1, -0.05) is 93.9 Å². The summed E-state index contributed by atoms with van der Waals surface area (Å²) in [6.07, 6.45) is 4.66. The lowest BCUT2D eigenvalue weighted by atomic mass is 9.64. The van der Waals surface area contributed by atoms with Crippen molar-refractivity contribution in [2.45, 2.75) is 77.9 Å². The molecule has 0 amide bonds. The highest BCUT2D eigenvalue weighted by Gasteiger charge is 2.59. The van der Waals surface area contributed by atoms with Gasteiger partial charge in [0.1, 0.15) is 5.78 Å². The average molecular weight is 461 g/mol. The van der Waals surface area contributed by atoms with Crippen LogP contribution in [0.25, 0.3) is 0 Å². The van der Waals surface area contributed by atoms with Gasteiger partial charge in [0.05, 0.1) is 6.10 Å². The highest BCUT2D eigenvalue weighted by Crippen LogP contribution is 2.57. The van der Waals surface area contributed by atoms with Crippen molar-refractivity contribution < 1.29 is 9.22 Å². The molecule has 0 N–H and O–H groups in total. The largest absolute Gasteiger partial charge is 0.404 e. The fourth-order valence-corrected chi connectivity index (χ4v) is 11.7. The molecule has 0 aliphatic heterocycles. The lowest BCUT2D eigenvalue weighted by Crippen LogP contribution is -2.69. The van der Waals surface area contributed by atoms with Gasteiger partial charge in [-0.25, -0.2) is 0 Å². The quantitative estimate of drug-likeness (QED) is 0.374. The van der Waals surface area contributed by atoms with E-state index in [2.05, 4.69) is 102 Å². The highest BCUT2D eigenvalue weighted by atomic mass is 28.4. The van der Waals surface area contributed by atoms with E-state index in [-0.39, 0.29) is 22.5 Å². The maximum atomic E-state index is 13.2. The number of carbonyl (C=O) groups is 1. The monoisotopic (exact) mass is 460 g/mol. The van der Waals surface area contributed by atoms with Gasteiger partial charge in [-0.2, -0.15) is 0 Å². The third-order valence-corrected chi connectivity index (χ3v) is 13.4. The SMILES string of the molecule is C=C(C)C[C@@H]1CC[C@]2(C)[C@@H](O[Si](c3ccccc3)(c3ccccc3)C(C)(C)C)CCC(=O)[C@H]12. The van der Waals surface area contributed by atoms with Gasteiger partial charge in [0.25, 0.3) is 8.32 Å². The van der Waals surface area contributed by atoms with Gasteiger partial charge in [-0.15, -0.1) is 6.58 Å². The van der Waals surface area contributed by atoms with Crippen molar-refractivity contribution in [2.75, 3.05) is 0 Å². The Morgan fingerprint density at radius 3 is 2.06 bits per heavy atom. The van der Waals surface area contributed by atoms with Gasteiger partial charge >= 0.3 is 0 Å². The Kier molecular flexibility index (Phi) is 6.59. The molecule has 176 valence electrons. The zero-order valence-electron chi connectivity index (χ0n) is 21.1. The van der Waals surface area contributed by atoms with Crippen LogP contribution < -0.4 is 10.4 Å². The summed E-state index contributed by atoms with van der Waals surface area (Å²) in [7, 11) is -2.65. The van der Waals surface area contributed by atoms with Crippen LogP contribution in [0.3, 0.4) is 0 Å². The average Bonchev–Trinajstić information content (AvgIpc) is 3.11. The van der Waals surface area contributed by atoms with E-state index >= 15 is 0 Å². The van der Waals surface area contributed by atoms with Crippen LogP contribution in [0.5, 0.6) is 0 Å². The molecule has 0 heterocycles. The zero-order chi connectivity index (χ0) is 23.9. The lowest BCUT2D eigenvalue weighted by Gasteiger charge is -2.51. The van der Waals surface area contributed by atoms with Crippen LogP contribution in [0.15, 0.2) is 72.8 Å². The van der Waals surface area contributed by atoms with Crippen molar-refractivity contribution in [2.24, 2.45) is 17.3 Å². The second-order valence-corrected chi connectivity index (χ2v) is 16.0. The maximum absolute atomic E-state index is 13.2. The minimum Gasteiger partial charge on any atom is -0.404 e. The molecule has 2 aromatic rings. The summed E-state index contributed by atoms with van der Waals surface area (Å²) in [6, 6.07) is 21.8. The molecule has 0 spiro atoms. The number of ketones is 1. The molecule has 2 nitrogen and oxygen atoms in total. The van der Waals surface area contributed by atoms with Crippen molar-refractivity contribution in [1.29, 1.82) is 0 Å². The summed E-state index contributed by atoms with van der Waals surface area (Å²) in [6.45, 7) is 15.6. The number of rotatable bonds is 6. The minimum atomic E-state index is -2.65. The summed E-state index contributed by atoms with van der Waals surface area (Å²) in [5.41, 5.74) is 1.08. The van der Waals surface area contributed by atoms with Crippen molar-refractivity contribution in [1.82, 2.24) is 0 Å². The van der Waals surface area contributed by atoms with Crippen LogP contribution in [-0.4, -0.2) is 20.2 Å². The first-order valence-corrected chi connectivity index (χ1v) is 14.5. The molecule has 4 rings (SSSR count). The van der Waals surface area contributed by atoms with E-state index < -0.39 is 8.32 Å². The van der Waals surface area contributed by atoms with Gasteiger partial charge in [0.15, 0.2) is 0 Å². The van der Waals surface area contributed by atoms with Gasteiger partial charge in [0.2, 0.25) is 0 Å². The third kappa shape index (κ3) is 4.19. The number of hydrogen-bond acceptors (Lipinski definition) is 2. The van der Waals surface area contributed by atoms with Crippen LogP contribution in [0, 0.1) is 17.3 Å². The Hall–Kier alpha value is -1.97. The molecule has 0 radical (unpaired) electrons. The Balaban J connectivity index is 1.82. The summed E-state index contributed by atoms with van der Waals surface area (Å²) in [5, 5.41) is 2.58. The van der Waals surface area contributed by atoms with E-state index in [1.54, 1.807) is 0 Å². The fraction of sp³-hybridized carbons (Fsp3) is 0.500. The van der Waals surface area contributed by atoms with Gasteiger partial charge < -0.3 is 4.43 Å². The lowest BCUT2D eigenvalue weighted by molar-refractivity contribution is -0.136. The predicted molar refractivity (Wildman–Crippen MR) is 140 cm³/mol. The first kappa shape index (κ1) is 24.2.